The van der Waals surface area contributed by atoms with Gasteiger partial charge in [0.25, 0.3) is 5.91 Å². The summed E-state index contributed by atoms with van der Waals surface area (Å²) in [6.45, 7) is 5.81. The normalized spacial score (nSPS) is 15.8. The van der Waals surface area contributed by atoms with E-state index < -0.39 is 0 Å². The van der Waals surface area contributed by atoms with E-state index in [9.17, 15) is 4.79 Å². The number of aromatic nitrogens is 2. The molecule has 1 unspecified atom stereocenters. The topological polar surface area (TPSA) is 58.1 Å². The number of hydrogen-bond acceptors (Lipinski definition) is 4. The Morgan fingerprint density at radius 1 is 1.12 bits per heavy atom. The van der Waals surface area contributed by atoms with Gasteiger partial charge in [0.05, 0.1) is 6.04 Å². The van der Waals surface area contributed by atoms with Crippen molar-refractivity contribution in [2.45, 2.75) is 39.2 Å². The van der Waals surface area contributed by atoms with Gasteiger partial charge in [0.15, 0.2) is 0 Å². The molecule has 1 fully saturated rings. The van der Waals surface area contributed by atoms with Gasteiger partial charge in [-0.3, -0.25) is 4.79 Å². The second kappa shape index (κ2) is 7.43. The number of aryl methyl sites for hydroxylation is 1. The summed E-state index contributed by atoms with van der Waals surface area (Å²) < 4.78 is 0. The molecule has 1 aliphatic rings. The first-order valence-corrected chi connectivity index (χ1v) is 8.60. The summed E-state index contributed by atoms with van der Waals surface area (Å²) >= 11 is 0. The van der Waals surface area contributed by atoms with Crippen LogP contribution in [-0.2, 0) is 0 Å². The number of amides is 1. The first-order valence-electron chi connectivity index (χ1n) is 8.60. The molecule has 1 atom stereocenters. The number of hydrogen-bond donors (Lipinski definition) is 1. The minimum Gasteiger partial charge on any atom is -0.344 e. The standard InChI is InChI=1S/C19H24N4O/c1-14-13-17(22-19(20-14)23-11-7-4-8-12-23)18(24)21-15(2)16-9-5-3-6-10-16/h3,5-6,9-10,13,15H,4,7-8,11-12H2,1-2H3,(H,21,24). The molecule has 0 aliphatic carbocycles. The first kappa shape index (κ1) is 16.4. The van der Waals surface area contributed by atoms with E-state index in [1.165, 1.54) is 6.42 Å². The van der Waals surface area contributed by atoms with Crippen LogP contribution in [0.4, 0.5) is 5.95 Å². The average Bonchev–Trinajstić information content (AvgIpc) is 2.62. The summed E-state index contributed by atoms with van der Waals surface area (Å²) in [5, 5.41) is 3.02. The van der Waals surface area contributed by atoms with Crippen LogP contribution in [0.25, 0.3) is 0 Å². The van der Waals surface area contributed by atoms with Crippen LogP contribution in [0, 0.1) is 6.92 Å². The summed E-state index contributed by atoms with van der Waals surface area (Å²) in [5.41, 5.74) is 2.34. The monoisotopic (exact) mass is 324 g/mol. The molecule has 0 bridgehead atoms. The molecule has 0 spiro atoms. The molecule has 0 radical (unpaired) electrons. The highest BCUT2D eigenvalue weighted by molar-refractivity contribution is 5.92. The highest BCUT2D eigenvalue weighted by Crippen LogP contribution is 2.17. The fraction of sp³-hybridized carbons (Fsp3) is 0.421. The van der Waals surface area contributed by atoms with Crippen molar-refractivity contribution in [3.8, 4) is 0 Å². The van der Waals surface area contributed by atoms with Crippen LogP contribution in [0.5, 0.6) is 0 Å². The molecule has 1 aliphatic heterocycles. The third-order valence-corrected chi connectivity index (χ3v) is 4.36. The van der Waals surface area contributed by atoms with Gasteiger partial charge in [0, 0.05) is 18.8 Å². The number of nitrogens with zero attached hydrogens (tertiary/aromatic N) is 3. The summed E-state index contributed by atoms with van der Waals surface area (Å²) in [5.74, 6) is 0.516. The minimum absolute atomic E-state index is 0.0626. The maximum absolute atomic E-state index is 12.6. The molecule has 5 heteroatoms. The molecule has 24 heavy (non-hydrogen) atoms. The van der Waals surface area contributed by atoms with Crippen molar-refractivity contribution in [3.63, 3.8) is 0 Å². The third-order valence-electron chi connectivity index (χ3n) is 4.36. The van der Waals surface area contributed by atoms with E-state index in [2.05, 4.69) is 20.2 Å². The third kappa shape index (κ3) is 3.91. The van der Waals surface area contributed by atoms with E-state index >= 15 is 0 Å². The van der Waals surface area contributed by atoms with Crippen LogP contribution in [-0.4, -0.2) is 29.0 Å². The second-order valence-corrected chi connectivity index (χ2v) is 6.35. The van der Waals surface area contributed by atoms with Crippen molar-refractivity contribution in [1.82, 2.24) is 15.3 Å². The number of carbonyl (C=O) groups excluding carboxylic acids is 1. The van der Waals surface area contributed by atoms with Crippen LogP contribution >= 0.6 is 0 Å². The smallest absolute Gasteiger partial charge is 0.270 e. The molecule has 5 nitrogen and oxygen atoms in total. The Kier molecular flexibility index (Phi) is 5.08. The maximum atomic E-state index is 12.6. The molecular formula is C19H24N4O. The molecule has 1 aromatic heterocycles. The summed E-state index contributed by atoms with van der Waals surface area (Å²) in [6.07, 6.45) is 3.57. The van der Waals surface area contributed by atoms with E-state index in [1.807, 2.05) is 44.2 Å². The first-order chi connectivity index (χ1) is 11.6. The van der Waals surface area contributed by atoms with Crippen molar-refractivity contribution < 1.29 is 4.79 Å². The lowest BCUT2D eigenvalue weighted by atomic mass is 10.1. The molecular weight excluding hydrogens is 300 g/mol. The predicted octanol–water partition coefficient (Wildman–Crippen LogP) is 3.27. The van der Waals surface area contributed by atoms with Crippen LogP contribution in [0.2, 0.25) is 0 Å². The van der Waals surface area contributed by atoms with E-state index in [0.29, 0.717) is 11.6 Å². The summed E-state index contributed by atoms with van der Waals surface area (Å²) in [6, 6.07) is 11.6. The Morgan fingerprint density at radius 2 is 1.83 bits per heavy atom. The second-order valence-electron chi connectivity index (χ2n) is 6.35. The van der Waals surface area contributed by atoms with Crippen molar-refractivity contribution in [3.05, 3.63) is 53.3 Å². The Morgan fingerprint density at radius 3 is 2.54 bits per heavy atom. The Balaban J connectivity index is 1.75. The van der Waals surface area contributed by atoms with Crippen molar-refractivity contribution in [2.75, 3.05) is 18.0 Å². The fourth-order valence-electron chi connectivity index (χ4n) is 3.00. The number of nitrogens with one attached hydrogen (secondary N) is 1. The highest BCUT2D eigenvalue weighted by atomic mass is 16.1. The van der Waals surface area contributed by atoms with Crippen LogP contribution in [0.3, 0.4) is 0 Å². The number of carbonyl (C=O) groups is 1. The van der Waals surface area contributed by atoms with Gasteiger partial charge in [-0.2, -0.15) is 0 Å². The van der Waals surface area contributed by atoms with Crippen molar-refractivity contribution in [2.24, 2.45) is 0 Å². The Hall–Kier alpha value is -2.43. The lowest BCUT2D eigenvalue weighted by Crippen LogP contribution is -2.33. The van der Waals surface area contributed by atoms with Crippen LogP contribution in [0.15, 0.2) is 36.4 Å². The minimum atomic E-state index is -0.157. The Labute approximate surface area is 143 Å². The van der Waals surface area contributed by atoms with Crippen molar-refractivity contribution >= 4 is 11.9 Å². The van der Waals surface area contributed by atoms with Gasteiger partial charge in [-0.15, -0.1) is 0 Å². The molecule has 126 valence electrons. The van der Waals surface area contributed by atoms with Gasteiger partial charge >= 0.3 is 0 Å². The summed E-state index contributed by atoms with van der Waals surface area (Å²) in [4.78, 5) is 23.8. The molecule has 1 N–H and O–H groups in total. The molecule has 2 heterocycles. The van der Waals surface area contributed by atoms with E-state index in [-0.39, 0.29) is 11.9 Å². The molecule has 1 amide bonds. The van der Waals surface area contributed by atoms with Crippen molar-refractivity contribution in [1.29, 1.82) is 0 Å². The molecule has 2 aromatic rings. The number of rotatable bonds is 4. The zero-order valence-corrected chi connectivity index (χ0v) is 14.3. The fourth-order valence-corrected chi connectivity index (χ4v) is 3.00. The Bertz CT molecular complexity index is 696. The van der Waals surface area contributed by atoms with E-state index in [1.54, 1.807) is 6.07 Å². The predicted molar refractivity (Wildman–Crippen MR) is 95.2 cm³/mol. The summed E-state index contributed by atoms with van der Waals surface area (Å²) in [7, 11) is 0. The number of piperidine rings is 1. The van der Waals surface area contributed by atoms with Gasteiger partial charge in [-0.05, 0) is 44.7 Å². The zero-order valence-electron chi connectivity index (χ0n) is 14.3. The SMILES string of the molecule is Cc1cc(C(=O)NC(C)c2ccccc2)nc(N2CCCCC2)n1. The van der Waals surface area contributed by atoms with Gasteiger partial charge in [0.1, 0.15) is 5.69 Å². The van der Waals surface area contributed by atoms with E-state index in [0.717, 1.165) is 37.2 Å². The molecule has 1 saturated heterocycles. The van der Waals surface area contributed by atoms with Gasteiger partial charge in [-0.25, -0.2) is 9.97 Å². The highest BCUT2D eigenvalue weighted by Gasteiger charge is 2.18. The van der Waals surface area contributed by atoms with Gasteiger partial charge in [0.2, 0.25) is 5.95 Å². The number of anilines is 1. The van der Waals surface area contributed by atoms with Crippen LogP contribution in [0.1, 0.15) is 54.0 Å². The van der Waals surface area contributed by atoms with Crippen LogP contribution < -0.4 is 10.2 Å². The quantitative estimate of drug-likeness (QED) is 0.938. The molecule has 3 rings (SSSR count). The largest absolute Gasteiger partial charge is 0.344 e. The maximum Gasteiger partial charge on any atom is 0.270 e. The number of benzene rings is 1. The lowest BCUT2D eigenvalue weighted by Gasteiger charge is -2.27. The average molecular weight is 324 g/mol. The lowest BCUT2D eigenvalue weighted by molar-refractivity contribution is 0.0934. The van der Waals surface area contributed by atoms with Gasteiger partial charge < -0.3 is 10.2 Å². The molecule has 0 saturated carbocycles. The van der Waals surface area contributed by atoms with E-state index in [4.69, 9.17) is 0 Å². The molecule has 1 aromatic carbocycles. The van der Waals surface area contributed by atoms with Gasteiger partial charge in [-0.1, -0.05) is 30.3 Å². The zero-order chi connectivity index (χ0) is 16.9.